The Bertz CT molecular complexity index is 419. The maximum atomic E-state index is 3.26. The molecule has 2 saturated carbocycles. The molecule has 1 aromatic carbocycles. The molecule has 0 unspecified atom stereocenters. The van der Waals surface area contributed by atoms with Crippen LogP contribution in [0.4, 0.5) is 0 Å². The predicted octanol–water partition coefficient (Wildman–Crippen LogP) is 7.15. The van der Waals surface area contributed by atoms with Crippen LogP contribution in [0.3, 0.4) is 0 Å². The van der Waals surface area contributed by atoms with Crippen LogP contribution in [0.25, 0.3) is 0 Å². The Labute approximate surface area is 144 Å². The second kappa shape index (κ2) is 8.90. The monoisotopic (exact) mass is 311 g/mol. The molecule has 0 heterocycles. The Morgan fingerprint density at radius 1 is 0.913 bits per heavy atom. The van der Waals surface area contributed by atoms with Gasteiger partial charge in [-0.3, -0.25) is 0 Å². The lowest BCUT2D eigenvalue weighted by molar-refractivity contribution is 0.155. The highest BCUT2D eigenvalue weighted by molar-refractivity contribution is 5.19. The number of unbranched alkanes of at least 4 members (excludes halogenated alkanes) is 2. The average molecular weight is 312 g/mol. The lowest BCUT2D eigenvalue weighted by Crippen LogP contribution is -2.25. The molecule has 2 aliphatic rings. The lowest BCUT2D eigenvalue weighted by atomic mass is 9.68. The van der Waals surface area contributed by atoms with Gasteiger partial charge in [-0.05, 0) is 73.8 Å². The molecule has 0 heteroatoms. The summed E-state index contributed by atoms with van der Waals surface area (Å²) in [6, 6.07) is 12.0. The van der Waals surface area contributed by atoms with E-state index >= 15 is 0 Å². The van der Waals surface area contributed by atoms with Crippen LogP contribution in [0, 0.1) is 23.8 Å². The molecule has 23 heavy (non-hydrogen) atoms. The summed E-state index contributed by atoms with van der Waals surface area (Å²) in [5, 5.41) is 0. The van der Waals surface area contributed by atoms with E-state index in [0.29, 0.717) is 0 Å². The molecule has 0 spiro atoms. The van der Waals surface area contributed by atoms with Crippen molar-refractivity contribution < 1.29 is 0 Å². The normalized spacial score (nSPS) is 31.9. The topological polar surface area (TPSA) is 0 Å². The molecule has 1 radical (unpaired) electrons. The SMILES string of the molecule is CCCCCC1CCC(C2CCC(c3c[c]ccc3)CC2)CC1. The molecular weight excluding hydrogens is 276 g/mol. The van der Waals surface area contributed by atoms with E-state index in [1.807, 2.05) is 6.07 Å². The van der Waals surface area contributed by atoms with Crippen molar-refractivity contribution in [1.82, 2.24) is 0 Å². The molecule has 1 aromatic rings. The van der Waals surface area contributed by atoms with Crippen molar-refractivity contribution >= 4 is 0 Å². The maximum absolute atomic E-state index is 3.26. The van der Waals surface area contributed by atoms with Gasteiger partial charge in [0.2, 0.25) is 0 Å². The summed E-state index contributed by atoms with van der Waals surface area (Å²) in [6.07, 6.45) is 17.7. The first-order valence-electron chi connectivity index (χ1n) is 10.3. The highest BCUT2D eigenvalue weighted by Crippen LogP contribution is 2.44. The number of benzene rings is 1. The fraction of sp³-hybridized carbons (Fsp3) is 0.739. The van der Waals surface area contributed by atoms with Crippen LogP contribution in [-0.4, -0.2) is 0 Å². The molecule has 3 rings (SSSR count). The third-order valence-electron chi connectivity index (χ3n) is 6.75. The minimum Gasteiger partial charge on any atom is -0.0654 e. The molecular formula is C23H35. The van der Waals surface area contributed by atoms with Crippen molar-refractivity contribution in [3.63, 3.8) is 0 Å². The average Bonchev–Trinajstić information content (AvgIpc) is 2.63. The molecule has 2 aliphatic carbocycles. The number of rotatable bonds is 6. The molecule has 0 bridgehead atoms. The minimum absolute atomic E-state index is 0.814. The Hall–Kier alpha value is -0.780. The smallest absolute Gasteiger partial charge is 0.0162 e. The summed E-state index contributed by atoms with van der Waals surface area (Å²) < 4.78 is 0. The Morgan fingerprint density at radius 3 is 2.22 bits per heavy atom. The van der Waals surface area contributed by atoms with Crippen molar-refractivity contribution in [1.29, 1.82) is 0 Å². The zero-order valence-corrected chi connectivity index (χ0v) is 15.1. The second-order valence-electron chi connectivity index (χ2n) is 8.23. The van der Waals surface area contributed by atoms with Crippen molar-refractivity contribution in [3.05, 3.63) is 35.9 Å². The van der Waals surface area contributed by atoms with E-state index in [0.717, 1.165) is 23.7 Å². The molecule has 0 aromatic heterocycles. The van der Waals surface area contributed by atoms with Crippen LogP contribution < -0.4 is 0 Å². The number of hydrogen-bond donors (Lipinski definition) is 0. The summed E-state index contributed by atoms with van der Waals surface area (Å²) >= 11 is 0. The van der Waals surface area contributed by atoms with E-state index in [-0.39, 0.29) is 0 Å². The van der Waals surface area contributed by atoms with E-state index in [4.69, 9.17) is 0 Å². The third kappa shape index (κ3) is 4.85. The van der Waals surface area contributed by atoms with E-state index in [2.05, 4.69) is 31.2 Å². The molecule has 0 N–H and O–H groups in total. The van der Waals surface area contributed by atoms with Crippen molar-refractivity contribution in [2.24, 2.45) is 17.8 Å². The summed E-state index contributed by atoms with van der Waals surface area (Å²) in [5.74, 6) is 3.97. The maximum Gasteiger partial charge on any atom is -0.0162 e. The summed E-state index contributed by atoms with van der Waals surface area (Å²) in [5.41, 5.74) is 1.53. The zero-order valence-electron chi connectivity index (χ0n) is 15.1. The van der Waals surface area contributed by atoms with Crippen molar-refractivity contribution in [3.8, 4) is 0 Å². The van der Waals surface area contributed by atoms with Gasteiger partial charge in [0, 0.05) is 0 Å². The van der Waals surface area contributed by atoms with Gasteiger partial charge < -0.3 is 0 Å². The first kappa shape index (κ1) is 17.1. The van der Waals surface area contributed by atoms with E-state index in [1.54, 1.807) is 0 Å². The first-order valence-corrected chi connectivity index (χ1v) is 10.3. The predicted molar refractivity (Wildman–Crippen MR) is 99.6 cm³/mol. The fourth-order valence-electron chi connectivity index (χ4n) is 5.22. The highest BCUT2D eigenvalue weighted by Gasteiger charge is 2.31. The molecule has 0 saturated heterocycles. The summed E-state index contributed by atoms with van der Waals surface area (Å²) in [7, 11) is 0. The molecule has 0 atom stereocenters. The fourth-order valence-corrected chi connectivity index (χ4v) is 5.22. The van der Waals surface area contributed by atoms with Gasteiger partial charge in [-0.2, -0.15) is 0 Å². The Morgan fingerprint density at radius 2 is 1.61 bits per heavy atom. The molecule has 2 fully saturated rings. The molecule has 0 amide bonds. The number of hydrogen-bond acceptors (Lipinski definition) is 0. The van der Waals surface area contributed by atoms with Crippen LogP contribution in [0.15, 0.2) is 24.3 Å². The van der Waals surface area contributed by atoms with Crippen LogP contribution >= 0.6 is 0 Å². The van der Waals surface area contributed by atoms with Gasteiger partial charge in [-0.1, -0.05) is 69.7 Å². The van der Waals surface area contributed by atoms with Crippen molar-refractivity contribution in [2.75, 3.05) is 0 Å². The standard InChI is InChI=1S/C23H35/c1-2-3-5-8-19-11-13-21(14-12-19)23-17-15-22(16-18-23)20-9-6-4-7-10-20/h4,6,9-10,19,21-23H,2-3,5,8,11-18H2,1H3. The van der Waals surface area contributed by atoms with Crippen LogP contribution in [0.1, 0.15) is 95.5 Å². The minimum atomic E-state index is 0.814. The van der Waals surface area contributed by atoms with Crippen LogP contribution in [0.2, 0.25) is 0 Å². The van der Waals surface area contributed by atoms with Crippen molar-refractivity contribution in [2.45, 2.75) is 89.9 Å². The largest absolute Gasteiger partial charge is 0.0654 e. The lowest BCUT2D eigenvalue weighted by Gasteiger charge is -2.38. The summed E-state index contributed by atoms with van der Waals surface area (Å²) in [4.78, 5) is 0. The van der Waals surface area contributed by atoms with Gasteiger partial charge in [0.25, 0.3) is 0 Å². The van der Waals surface area contributed by atoms with E-state index in [9.17, 15) is 0 Å². The molecule has 0 aliphatic heterocycles. The molecule has 0 nitrogen and oxygen atoms in total. The third-order valence-corrected chi connectivity index (χ3v) is 6.75. The Kier molecular flexibility index (Phi) is 6.60. The van der Waals surface area contributed by atoms with Gasteiger partial charge in [-0.15, -0.1) is 0 Å². The van der Waals surface area contributed by atoms with Gasteiger partial charge in [0.1, 0.15) is 0 Å². The van der Waals surface area contributed by atoms with Gasteiger partial charge in [-0.25, -0.2) is 0 Å². The second-order valence-corrected chi connectivity index (χ2v) is 8.23. The van der Waals surface area contributed by atoms with Gasteiger partial charge >= 0.3 is 0 Å². The quantitative estimate of drug-likeness (QED) is 0.489. The van der Waals surface area contributed by atoms with Gasteiger partial charge in [0.15, 0.2) is 0 Å². The van der Waals surface area contributed by atoms with Gasteiger partial charge in [0.05, 0.1) is 0 Å². The zero-order chi connectivity index (χ0) is 15.9. The van der Waals surface area contributed by atoms with E-state index in [1.165, 1.54) is 82.6 Å². The van der Waals surface area contributed by atoms with Crippen LogP contribution in [-0.2, 0) is 0 Å². The summed E-state index contributed by atoms with van der Waals surface area (Å²) in [6.45, 7) is 2.32. The van der Waals surface area contributed by atoms with E-state index < -0.39 is 0 Å². The van der Waals surface area contributed by atoms with Crippen LogP contribution in [0.5, 0.6) is 0 Å². The first-order chi connectivity index (χ1) is 11.4. The Balaban J connectivity index is 1.39. The molecule has 127 valence electrons. The highest BCUT2D eigenvalue weighted by atomic mass is 14.4.